The number of imide groups is 1. The SMILES string of the molecule is COc1cc(/C=C2\SC(=O)N(Cc3ccc(F)cc3)C2=O)cc(Br)c1OCC(=O)Nc1ccccc1Cl. The lowest BCUT2D eigenvalue weighted by atomic mass is 10.1. The first-order valence-corrected chi connectivity index (χ1v) is 12.8. The van der Waals surface area contributed by atoms with Crippen molar-refractivity contribution in [3.05, 3.63) is 92.0 Å². The largest absolute Gasteiger partial charge is 0.493 e. The van der Waals surface area contributed by atoms with Gasteiger partial charge in [0.2, 0.25) is 0 Å². The molecule has 0 saturated carbocycles. The third-order valence-corrected chi connectivity index (χ3v) is 7.00. The molecule has 11 heteroatoms. The highest BCUT2D eigenvalue weighted by molar-refractivity contribution is 9.10. The van der Waals surface area contributed by atoms with Crippen molar-refractivity contribution in [1.82, 2.24) is 4.90 Å². The van der Waals surface area contributed by atoms with E-state index < -0.39 is 22.9 Å². The van der Waals surface area contributed by atoms with E-state index in [0.29, 0.717) is 37.8 Å². The Labute approximate surface area is 229 Å². The fourth-order valence-electron chi connectivity index (χ4n) is 3.41. The number of halogens is 3. The maximum atomic E-state index is 13.2. The Bertz CT molecular complexity index is 1400. The van der Waals surface area contributed by atoms with Gasteiger partial charge in [-0.15, -0.1) is 0 Å². The molecule has 0 aromatic heterocycles. The van der Waals surface area contributed by atoms with E-state index >= 15 is 0 Å². The highest BCUT2D eigenvalue weighted by Crippen LogP contribution is 2.39. The van der Waals surface area contributed by atoms with Crippen molar-refractivity contribution in [3.63, 3.8) is 0 Å². The normalized spacial score (nSPS) is 14.3. The number of thioether (sulfide) groups is 1. The van der Waals surface area contributed by atoms with Crippen LogP contribution in [-0.4, -0.2) is 35.7 Å². The van der Waals surface area contributed by atoms with Gasteiger partial charge in [0.05, 0.1) is 33.7 Å². The molecule has 0 radical (unpaired) electrons. The summed E-state index contributed by atoms with van der Waals surface area (Å²) in [5, 5.41) is 2.66. The molecule has 0 atom stereocenters. The van der Waals surface area contributed by atoms with Crippen molar-refractivity contribution in [3.8, 4) is 11.5 Å². The number of ether oxygens (including phenoxy) is 2. The molecule has 0 unspecified atom stereocenters. The summed E-state index contributed by atoms with van der Waals surface area (Å²) in [5.41, 5.74) is 1.67. The van der Waals surface area contributed by atoms with Crippen LogP contribution in [0.3, 0.4) is 0 Å². The van der Waals surface area contributed by atoms with Crippen LogP contribution in [-0.2, 0) is 16.1 Å². The summed E-state index contributed by atoms with van der Waals surface area (Å²) in [7, 11) is 1.44. The number of carbonyl (C=O) groups is 3. The molecule has 7 nitrogen and oxygen atoms in total. The van der Waals surface area contributed by atoms with Crippen molar-refractivity contribution in [1.29, 1.82) is 0 Å². The lowest BCUT2D eigenvalue weighted by Gasteiger charge is -2.14. The van der Waals surface area contributed by atoms with Gasteiger partial charge in [0.15, 0.2) is 18.1 Å². The van der Waals surface area contributed by atoms with E-state index in [2.05, 4.69) is 21.2 Å². The zero-order chi connectivity index (χ0) is 26.5. The number of amides is 3. The van der Waals surface area contributed by atoms with Crippen LogP contribution in [0.5, 0.6) is 11.5 Å². The Balaban J connectivity index is 1.47. The van der Waals surface area contributed by atoms with Gasteiger partial charge in [-0.25, -0.2) is 4.39 Å². The van der Waals surface area contributed by atoms with Gasteiger partial charge >= 0.3 is 0 Å². The molecule has 190 valence electrons. The van der Waals surface area contributed by atoms with Crippen LogP contribution < -0.4 is 14.8 Å². The number of hydrogen-bond donors (Lipinski definition) is 1. The molecule has 1 fully saturated rings. The summed E-state index contributed by atoms with van der Waals surface area (Å²) in [6.07, 6.45) is 1.57. The second kappa shape index (κ2) is 11.8. The molecule has 1 aliphatic rings. The first kappa shape index (κ1) is 26.7. The van der Waals surface area contributed by atoms with Crippen LogP contribution in [0.25, 0.3) is 6.08 Å². The van der Waals surface area contributed by atoms with Gasteiger partial charge in [0, 0.05) is 0 Å². The van der Waals surface area contributed by atoms with Gasteiger partial charge in [-0.3, -0.25) is 19.3 Å². The Morgan fingerprint density at radius 3 is 2.59 bits per heavy atom. The topological polar surface area (TPSA) is 84.9 Å². The van der Waals surface area contributed by atoms with Crippen LogP contribution in [0.2, 0.25) is 5.02 Å². The molecule has 4 rings (SSSR count). The Kier molecular flexibility index (Phi) is 8.52. The number of benzene rings is 3. The van der Waals surface area contributed by atoms with Crippen molar-refractivity contribution < 1.29 is 28.2 Å². The number of para-hydroxylation sites is 1. The van der Waals surface area contributed by atoms with Gasteiger partial charge < -0.3 is 14.8 Å². The zero-order valence-corrected chi connectivity index (χ0v) is 22.5. The summed E-state index contributed by atoms with van der Waals surface area (Å²) in [4.78, 5) is 39.0. The Morgan fingerprint density at radius 2 is 1.89 bits per heavy atom. The molecule has 1 heterocycles. The molecule has 1 saturated heterocycles. The first-order valence-electron chi connectivity index (χ1n) is 10.8. The minimum atomic E-state index is -0.453. The number of methoxy groups -OCH3 is 1. The van der Waals surface area contributed by atoms with Gasteiger partial charge in [-0.1, -0.05) is 35.9 Å². The van der Waals surface area contributed by atoms with E-state index in [4.69, 9.17) is 21.1 Å². The number of hydrogen-bond acceptors (Lipinski definition) is 6. The monoisotopic (exact) mass is 604 g/mol. The van der Waals surface area contributed by atoms with Crippen LogP contribution in [0, 0.1) is 5.82 Å². The number of nitrogens with one attached hydrogen (secondary N) is 1. The molecule has 0 spiro atoms. The van der Waals surface area contributed by atoms with Crippen LogP contribution in [0.1, 0.15) is 11.1 Å². The summed E-state index contributed by atoms with van der Waals surface area (Å²) >= 11 is 10.3. The third-order valence-electron chi connectivity index (χ3n) is 5.17. The van der Waals surface area contributed by atoms with E-state index in [-0.39, 0.29) is 18.1 Å². The average Bonchev–Trinajstić information content (AvgIpc) is 3.13. The van der Waals surface area contributed by atoms with E-state index in [1.54, 1.807) is 42.5 Å². The maximum Gasteiger partial charge on any atom is 0.293 e. The molecule has 0 bridgehead atoms. The fourth-order valence-corrected chi connectivity index (χ4v) is 5.01. The van der Waals surface area contributed by atoms with Crippen LogP contribution in [0.15, 0.2) is 70.0 Å². The molecular weight excluding hydrogens is 587 g/mol. The lowest BCUT2D eigenvalue weighted by Crippen LogP contribution is -2.27. The Morgan fingerprint density at radius 1 is 1.16 bits per heavy atom. The molecule has 37 heavy (non-hydrogen) atoms. The van der Waals surface area contributed by atoms with Crippen molar-refractivity contribution >= 4 is 68.1 Å². The van der Waals surface area contributed by atoms with Gasteiger partial charge in [0.25, 0.3) is 17.1 Å². The highest BCUT2D eigenvalue weighted by atomic mass is 79.9. The standard InChI is InChI=1S/C26H19BrClFN2O5S/c1-35-21-11-16(10-18(27)24(21)36-14-23(32)30-20-5-3-2-4-19(20)28)12-22-25(33)31(26(34)37-22)13-15-6-8-17(29)9-7-15/h2-12H,13-14H2,1H3,(H,30,32)/b22-12-. The minimum absolute atomic E-state index is 0.0400. The maximum absolute atomic E-state index is 13.2. The van der Waals surface area contributed by atoms with Crippen LogP contribution in [0.4, 0.5) is 14.9 Å². The number of carbonyl (C=O) groups excluding carboxylic acids is 3. The minimum Gasteiger partial charge on any atom is -0.493 e. The van der Waals surface area contributed by atoms with E-state index in [0.717, 1.165) is 16.7 Å². The number of nitrogens with zero attached hydrogens (tertiary/aromatic N) is 1. The van der Waals surface area contributed by atoms with Crippen LogP contribution >= 0.6 is 39.3 Å². The number of anilines is 1. The summed E-state index contributed by atoms with van der Waals surface area (Å²) in [6.45, 7) is -0.264. The molecule has 0 aliphatic carbocycles. The molecule has 3 aromatic rings. The number of rotatable bonds is 8. The molecule has 3 aromatic carbocycles. The molecular formula is C26H19BrClFN2O5S. The summed E-state index contributed by atoms with van der Waals surface area (Å²) in [6, 6.07) is 15.7. The van der Waals surface area contributed by atoms with E-state index in [9.17, 15) is 18.8 Å². The zero-order valence-electron chi connectivity index (χ0n) is 19.3. The van der Waals surface area contributed by atoms with Gasteiger partial charge in [-0.05, 0) is 81.3 Å². The molecule has 1 N–H and O–H groups in total. The van der Waals surface area contributed by atoms with Crippen molar-refractivity contribution in [2.45, 2.75) is 6.54 Å². The third kappa shape index (κ3) is 6.51. The quantitative estimate of drug-likeness (QED) is 0.295. The van der Waals surface area contributed by atoms with E-state index in [1.165, 1.54) is 31.4 Å². The Hall–Kier alpha value is -3.34. The fraction of sp³-hybridized carbons (Fsp3) is 0.115. The van der Waals surface area contributed by atoms with Crippen molar-refractivity contribution in [2.75, 3.05) is 19.0 Å². The second-order valence-electron chi connectivity index (χ2n) is 7.75. The second-order valence-corrected chi connectivity index (χ2v) is 10.00. The first-order chi connectivity index (χ1) is 17.7. The predicted molar refractivity (Wildman–Crippen MR) is 144 cm³/mol. The van der Waals surface area contributed by atoms with E-state index in [1.807, 2.05) is 0 Å². The predicted octanol–water partition coefficient (Wildman–Crippen LogP) is 6.50. The lowest BCUT2D eigenvalue weighted by molar-refractivity contribution is -0.123. The van der Waals surface area contributed by atoms with Crippen molar-refractivity contribution in [2.24, 2.45) is 0 Å². The molecule has 3 amide bonds. The summed E-state index contributed by atoms with van der Waals surface area (Å²) < 4.78 is 24.7. The average molecular weight is 606 g/mol. The highest BCUT2D eigenvalue weighted by Gasteiger charge is 2.35. The van der Waals surface area contributed by atoms with Gasteiger partial charge in [0.1, 0.15) is 5.82 Å². The summed E-state index contributed by atoms with van der Waals surface area (Å²) in [5.74, 6) is -0.659. The smallest absolute Gasteiger partial charge is 0.293 e. The molecule has 1 aliphatic heterocycles. The van der Waals surface area contributed by atoms with Gasteiger partial charge in [-0.2, -0.15) is 0 Å².